The normalized spacial score (nSPS) is 12.6. The largest absolute Gasteiger partial charge is 0.387 e. The smallest absolute Gasteiger partial charge is 0.146 e. The summed E-state index contributed by atoms with van der Waals surface area (Å²) < 4.78 is 1.85. The van der Waals surface area contributed by atoms with E-state index in [2.05, 4.69) is 15.5 Å². The van der Waals surface area contributed by atoms with E-state index in [4.69, 9.17) is 0 Å². The summed E-state index contributed by atoms with van der Waals surface area (Å²) in [6.07, 6.45) is 1.16. The molecule has 1 aromatic heterocycles. The molecule has 0 amide bonds. The summed E-state index contributed by atoms with van der Waals surface area (Å²) in [6.45, 7) is 3.12. The number of benzene rings is 1. The van der Waals surface area contributed by atoms with Crippen LogP contribution in [0.5, 0.6) is 0 Å². The molecule has 2 rings (SSSR count). The van der Waals surface area contributed by atoms with Gasteiger partial charge in [0.25, 0.3) is 0 Å². The zero-order valence-corrected chi connectivity index (χ0v) is 10.7. The molecule has 0 spiro atoms. The summed E-state index contributed by atoms with van der Waals surface area (Å²) in [7, 11) is 1.90. The van der Waals surface area contributed by atoms with E-state index in [0.29, 0.717) is 13.1 Å². The Hall–Kier alpha value is -1.72. The number of rotatable bonds is 5. The molecule has 1 heterocycles. The first-order valence-corrected chi connectivity index (χ1v) is 5.95. The lowest BCUT2D eigenvalue weighted by Gasteiger charge is -2.12. The van der Waals surface area contributed by atoms with Crippen molar-refractivity contribution in [3.8, 4) is 0 Å². The number of hydrogen-bond donors (Lipinski definition) is 2. The van der Waals surface area contributed by atoms with Gasteiger partial charge in [-0.25, -0.2) is 0 Å². The second kappa shape index (κ2) is 5.75. The van der Waals surface area contributed by atoms with E-state index in [1.165, 1.54) is 5.56 Å². The fraction of sp³-hybridized carbons (Fsp3) is 0.385. The molecule has 0 aliphatic heterocycles. The van der Waals surface area contributed by atoms with Gasteiger partial charge >= 0.3 is 0 Å². The van der Waals surface area contributed by atoms with Crippen LogP contribution in [0.3, 0.4) is 0 Å². The van der Waals surface area contributed by atoms with Gasteiger partial charge in [-0.3, -0.25) is 0 Å². The Morgan fingerprint density at radius 1 is 1.33 bits per heavy atom. The molecule has 0 saturated carbocycles. The third kappa shape index (κ3) is 3.15. The summed E-state index contributed by atoms with van der Waals surface area (Å²) in [5.41, 5.74) is 2.11. The Morgan fingerprint density at radius 2 is 2.06 bits per heavy atom. The van der Waals surface area contributed by atoms with Gasteiger partial charge in [-0.1, -0.05) is 29.8 Å². The third-order valence-electron chi connectivity index (χ3n) is 2.89. The Balaban J connectivity index is 1.83. The first-order chi connectivity index (χ1) is 8.66. The second-order valence-corrected chi connectivity index (χ2v) is 4.42. The fourth-order valence-corrected chi connectivity index (χ4v) is 1.69. The van der Waals surface area contributed by atoms with Crippen LogP contribution in [0.15, 0.2) is 30.6 Å². The van der Waals surface area contributed by atoms with Crippen LogP contribution in [0.1, 0.15) is 23.1 Å². The van der Waals surface area contributed by atoms with Crippen molar-refractivity contribution in [3.63, 3.8) is 0 Å². The van der Waals surface area contributed by atoms with Crippen molar-refractivity contribution >= 4 is 0 Å². The number of nitrogens with zero attached hydrogens (tertiary/aromatic N) is 3. The topological polar surface area (TPSA) is 63.0 Å². The molecule has 2 aromatic rings. The zero-order chi connectivity index (χ0) is 13.0. The molecule has 96 valence electrons. The Kier molecular flexibility index (Phi) is 4.07. The van der Waals surface area contributed by atoms with Crippen molar-refractivity contribution in [2.24, 2.45) is 7.05 Å². The molecule has 5 heteroatoms. The van der Waals surface area contributed by atoms with Gasteiger partial charge in [0.1, 0.15) is 12.2 Å². The summed E-state index contributed by atoms with van der Waals surface area (Å²) in [5.74, 6) is 0.853. The average Bonchev–Trinajstić information content (AvgIpc) is 2.76. The van der Waals surface area contributed by atoms with Crippen LogP contribution in [0.25, 0.3) is 0 Å². The van der Waals surface area contributed by atoms with E-state index < -0.39 is 6.10 Å². The van der Waals surface area contributed by atoms with Crippen molar-refractivity contribution < 1.29 is 5.11 Å². The minimum atomic E-state index is -0.501. The first kappa shape index (κ1) is 12.7. The molecule has 1 aromatic carbocycles. The molecular formula is C13H18N4O. The number of aliphatic hydroxyl groups is 1. The highest BCUT2D eigenvalue weighted by molar-refractivity contribution is 5.23. The van der Waals surface area contributed by atoms with E-state index in [-0.39, 0.29) is 0 Å². The molecule has 5 nitrogen and oxygen atoms in total. The molecule has 0 aliphatic carbocycles. The lowest BCUT2D eigenvalue weighted by atomic mass is 10.1. The van der Waals surface area contributed by atoms with Gasteiger partial charge in [-0.2, -0.15) is 0 Å². The van der Waals surface area contributed by atoms with Gasteiger partial charge in [0.15, 0.2) is 0 Å². The molecule has 0 radical (unpaired) electrons. The van der Waals surface area contributed by atoms with Crippen LogP contribution in [-0.4, -0.2) is 26.4 Å². The predicted octanol–water partition coefficient (Wildman–Crippen LogP) is 0.947. The van der Waals surface area contributed by atoms with E-state index in [9.17, 15) is 5.11 Å². The number of aromatic nitrogens is 3. The maximum atomic E-state index is 10.0. The summed E-state index contributed by atoms with van der Waals surface area (Å²) in [6, 6.07) is 7.90. The second-order valence-electron chi connectivity index (χ2n) is 4.42. The molecule has 1 unspecified atom stereocenters. The monoisotopic (exact) mass is 246 g/mol. The molecule has 1 atom stereocenters. The van der Waals surface area contributed by atoms with Gasteiger partial charge in [0.2, 0.25) is 0 Å². The lowest BCUT2D eigenvalue weighted by molar-refractivity contribution is 0.174. The summed E-state index contributed by atoms with van der Waals surface area (Å²) in [4.78, 5) is 0. The lowest BCUT2D eigenvalue weighted by Crippen LogP contribution is -2.22. The van der Waals surface area contributed by atoms with Crippen LogP contribution in [0.4, 0.5) is 0 Å². The molecule has 0 fully saturated rings. The highest BCUT2D eigenvalue weighted by Crippen LogP contribution is 2.12. The maximum Gasteiger partial charge on any atom is 0.146 e. The van der Waals surface area contributed by atoms with Crippen molar-refractivity contribution in [2.45, 2.75) is 19.6 Å². The summed E-state index contributed by atoms with van der Waals surface area (Å²) >= 11 is 0. The van der Waals surface area contributed by atoms with Crippen molar-refractivity contribution in [2.75, 3.05) is 6.54 Å². The summed E-state index contributed by atoms with van der Waals surface area (Å²) in [5, 5.41) is 20.9. The Labute approximate surface area is 106 Å². The minimum absolute atomic E-state index is 0.496. The molecule has 2 N–H and O–H groups in total. The van der Waals surface area contributed by atoms with Crippen molar-refractivity contribution in [3.05, 3.63) is 47.5 Å². The highest BCUT2D eigenvalue weighted by Gasteiger charge is 2.07. The standard InChI is InChI=1S/C13H18N4O/c1-10-3-5-11(6-4-10)12(18)7-14-8-13-16-15-9-17(13)2/h3-6,9,12,14,18H,7-8H2,1-2H3. The molecule has 0 saturated heterocycles. The van der Waals surface area contributed by atoms with Crippen molar-refractivity contribution in [1.29, 1.82) is 0 Å². The number of nitrogens with one attached hydrogen (secondary N) is 1. The van der Waals surface area contributed by atoms with Gasteiger partial charge in [0.05, 0.1) is 12.6 Å². The Bertz CT molecular complexity index is 492. The van der Waals surface area contributed by atoms with Crippen LogP contribution < -0.4 is 5.32 Å². The van der Waals surface area contributed by atoms with Crippen LogP contribution >= 0.6 is 0 Å². The molecule has 0 aliphatic rings. The number of aliphatic hydroxyl groups excluding tert-OH is 1. The van der Waals surface area contributed by atoms with Crippen LogP contribution in [0, 0.1) is 6.92 Å². The molecule has 18 heavy (non-hydrogen) atoms. The van der Waals surface area contributed by atoms with Gasteiger partial charge in [-0.15, -0.1) is 10.2 Å². The SMILES string of the molecule is Cc1ccc(C(O)CNCc2nncn2C)cc1. The quantitative estimate of drug-likeness (QED) is 0.824. The van der Waals surface area contributed by atoms with E-state index in [0.717, 1.165) is 11.4 Å². The fourth-order valence-electron chi connectivity index (χ4n) is 1.69. The van der Waals surface area contributed by atoms with E-state index in [1.807, 2.05) is 42.8 Å². The average molecular weight is 246 g/mol. The van der Waals surface area contributed by atoms with Gasteiger partial charge in [0, 0.05) is 13.6 Å². The van der Waals surface area contributed by atoms with E-state index >= 15 is 0 Å². The maximum absolute atomic E-state index is 10.0. The third-order valence-corrected chi connectivity index (χ3v) is 2.89. The Morgan fingerprint density at radius 3 is 2.67 bits per heavy atom. The van der Waals surface area contributed by atoms with Crippen LogP contribution in [0.2, 0.25) is 0 Å². The minimum Gasteiger partial charge on any atom is -0.387 e. The number of aryl methyl sites for hydroxylation is 2. The number of hydrogen-bond acceptors (Lipinski definition) is 4. The van der Waals surface area contributed by atoms with Gasteiger partial charge < -0.3 is 15.0 Å². The zero-order valence-electron chi connectivity index (χ0n) is 10.7. The van der Waals surface area contributed by atoms with Crippen LogP contribution in [-0.2, 0) is 13.6 Å². The highest BCUT2D eigenvalue weighted by atomic mass is 16.3. The van der Waals surface area contributed by atoms with Crippen molar-refractivity contribution in [1.82, 2.24) is 20.1 Å². The first-order valence-electron chi connectivity index (χ1n) is 5.95. The van der Waals surface area contributed by atoms with E-state index in [1.54, 1.807) is 6.33 Å². The molecule has 0 bridgehead atoms. The molecular weight excluding hydrogens is 228 g/mol. The van der Waals surface area contributed by atoms with Gasteiger partial charge in [-0.05, 0) is 12.5 Å². The predicted molar refractivity (Wildman–Crippen MR) is 68.8 cm³/mol.